The van der Waals surface area contributed by atoms with Crippen molar-refractivity contribution in [1.29, 1.82) is 0 Å². The molecule has 0 aliphatic rings. The van der Waals surface area contributed by atoms with Crippen molar-refractivity contribution in [3.8, 4) is 0 Å². The molecule has 3 nitrogen and oxygen atoms in total. The zero-order valence-corrected chi connectivity index (χ0v) is 6.73. The first-order valence-electron chi connectivity index (χ1n) is 3.36. The van der Waals surface area contributed by atoms with Crippen molar-refractivity contribution in [3.63, 3.8) is 0 Å². The minimum absolute atomic E-state index is 0.623. The third-order valence-corrected chi connectivity index (χ3v) is 1.01. The van der Waals surface area contributed by atoms with Crippen LogP contribution in [-0.2, 0) is 9.59 Å². The molecule has 0 heterocycles. The van der Waals surface area contributed by atoms with Crippen molar-refractivity contribution < 1.29 is 14.7 Å². The molecule has 0 bridgehead atoms. The van der Waals surface area contributed by atoms with Crippen molar-refractivity contribution >= 4 is 12.3 Å². The molecule has 0 spiro atoms. The average molecular weight is 166 g/mol. The maximum Gasteiger partial charge on any atom is 0.328 e. The van der Waals surface area contributed by atoms with E-state index in [0.717, 1.165) is 6.08 Å². The summed E-state index contributed by atoms with van der Waals surface area (Å²) in [5.74, 6) is -0.975. The number of hydrogen-bond donors (Lipinski definition) is 1. The van der Waals surface area contributed by atoms with Gasteiger partial charge in [-0.3, -0.25) is 4.79 Å². The van der Waals surface area contributed by atoms with Gasteiger partial charge in [-0.25, -0.2) is 4.79 Å². The maximum atomic E-state index is 10.1. The number of aliphatic carboxylic acids is 1. The highest BCUT2D eigenvalue weighted by atomic mass is 16.4. The van der Waals surface area contributed by atoms with Crippen LogP contribution in [0.5, 0.6) is 0 Å². The van der Waals surface area contributed by atoms with E-state index in [1.807, 2.05) is 0 Å². The third kappa shape index (κ3) is 6.48. The lowest BCUT2D eigenvalue weighted by Gasteiger charge is -1.85. The molecular weight excluding hydrogens is 156 g/mol. The Morgan fingerprint density at radius 2 is 1.92 bits per heavy atom. The molecule has 0 atom stereocenters. The summed E-state index contributed by atoms with van der Waals surface area (Å²) in [6, 6.07) is 0. The number of carbonyl (C=O) groups is 2. The van der Waals surface area contributed by atoms with E-state index in [0.29, 0.717) is 11.9 Å². The molecule has 0 fully saturated rings. The van der Waals surface area contributed by atoms with Gasteiger partial charge in [0.1, 0.15) is 6.29 Å². The molecular formula is C9H10O3. The molecule has 0 rings (SSSR count). The number of allylic oxidation sites excluding steroid dienone is 5. The molecule has 0 aromatic rings. The lowest BCUT2D eigenvalue weighted by molar-refractivity contribution is -0.131. The van der Waals surface area contributed by atoms with Gasteiger partial charge in [0.15, 0.2) is 0 Å². The van der Waals surface area contributed by atoms with Gasteiger partial charge in [-0.05, 0) is 18.6 Å². The summed E-state index contributed by atoms with van der Waals surface area (Å²) in [7, 11) is 0. The average Bonchev–Trinajstić information content (AvgIpc) is 1.97. The molecule has 0 amide bonds. The van der Waals surface area contributed by atoms with Crippen LogP contribution in [0.2, 0.25) is 0 Å². The molecule has 0 saturated heterocycles. The molecule has 64 valence electrons. The fourth-order valence-corrected chi connectivity index (χ4v) is 0.560. The molecule has 1 N–H and O–H groups in total. The summed E-state index contributed by atoms with van der Waals surface area (Å²) < 4.78 is 0. The number of carboxylic acids is 1. The van der Waals surface area contributed by atoms with Gasteiger partial charge in [0.05, 0.1) is 0 Å². The highest BCUT2D eigenvalue weighted by molar-refractivity contribution is 5.81. The Kier molecular flexibility index (Phi) is 5.26. The fraction of sp³-hybridized carbons (Fsp3) is 0.111. The summed E-state index contributed by atoms with van der Waals surface area (Å²) >= 11 is 0. The molecule has 3 heteroatoms. The second kappa shape index (κ2) is 6.09. The van der Waals surface area contributed by atoms with Crippen LogP contribution in [0.15, 0.2) is 36.0 Å². The second-order valence-corrected chi connectivity index (χ2v) is 2.11. The predicted octanol–water partition coefficient (Wildman–Crippen LogP) is 1.33. The fourth-order valence-electron chi connectivity index (χ4n) is 0.560. The van der Waals surface area contributed by atoms with E-state index in [-0.39, 0.29) is 0 Å². The topological polar surface area (TPSA) is 54.4 Å². The van der Waals surface area contributed by atoms with Gasteiger partial charge in [0, 0.05) is 6.08 Å². The van der Waals surface area contributed by atoms with E-state index < -0.39 is 5.97 Å². The Morgan fingerprint density at radius 3 is 2.42 bits per heavy atom. The van der Waals surface area contributed by atoms with E-state index >= 15 is 0 Å². The van der Waals surface area contributed by atoms with E-state index in [2.05, 4.69) is 0 Å². The lowest BCUT2D eigenvalue weighted by Crippen LogP contribution is -1.87. The smallest absolute Gasteiger partial charge is 0.328 e. The number of aldehydes is 1. The second-order valence-electron chi connectivity index (χ2n) is 2.11. The van der Waals surface area contributed by atoms with E-state index in [4.69, 9.17) is 5.11 Å². The molecule has 12 heavy (non-hydrogen) atoms. The van der Waals surface area contributed by atoms with Gasteiger partial charge in [0.2, 0.25) is 0 Å². The highest BCUT2D eigenvalue weighted by Crippen LogP contribution is 1.94. The Balaban J connectivity index is 4.07. The molecule has 0 aliphatic carbocycles. The van der Waals surface area contributed by atoms with Crippen LogP contribution < -0.4 is 0 Å². The van der Waals surface area contributed by atoms with Crippen LogP contribution in [0.3, 0.4) is 0 Å². The number of rotatable bonds is 4. The summed E-state index contributed by atoms with van der Waals surface area (Å²) in [5.41, 5.74) is 0.623. The van der Waals surface area contributed by atoms with Crippen LogP contribution in [-0.4, -0.2) is 17.4 Å². The van der Waals surface area contributed by atoms with Gasteiger partial charge in [-0.15, -0.1) is 0 Å². The number of carboxylic acid groups (broad SMARTS) is 1. The van der Waals surface area contributed by atoms with E-state index in [1.165, 1.54) is 12.2 Å². The highest BCUT2D eigenvalue weighted by Gasteiger charge is 1.87. The summed E-state index contributed by atoms with van der Waals surface area (Å²) in [6.07, 6.45) is 7.81. The Labute approximate surface area is 70.7 Å². The molecule has 0 unspecified atom stereocenters. The van der Waals surface area contributed by atoms with Crippen molar-refractivity contribution in [1.82, 2.24) is 0 Å². The minimum Gasteiger partial charge on any atom is -0.478 e. The molecule has 0 aromatic carbocycles. The first-order chi connectivity index (χ1) is 5.66. The predicted molar refractivity (Wildman–Crippen MR) is 45.7 cm³/mol. The minimum atomic E-state index is -0.975. The van der Waals surface area contributed by atoms with E-state index in [1.54, 1.807) is 19.1 Å². The Hall–Kier alpha value is -1.64. The first kappa shape index (κ1) is 10.4. The molecule has 0 radical (unpaired) electrons. The lowest BCUT2D eigenvalue weighted by atomic mass is 10.2. The normalized spacial score (nSPS) is 12.6. The van der Waals surface area contributed by atoms with Crippen LogP contribution in [0.4, 0.5) is 0 Å². The van der Waals surface area contributed by atoms with Crippen molar-refractivity contribution in [2.45, 2.75) is 6.92 Å². The van der Waals surface area contributed by atoms with Gasteiger partial charge in [-0.2, -0.15) is 0 Å². The quantitative estimate of drug-likeness (QED) is 0.389. The van der Waals surface area contributed by atoms with Crippen molar-refractivity contribution in [2.24, 2.45) is 0 Å². The van der Waals surface area contributed by atoms with Crippen LogP contribution in [0, 0.1) is 0 Å². The third-order valence-electron chi connectivity index (χ3n) is 1.01. The monoisotopic (exact) mass is 166 g/mol. The van der Waals surface area contributed by atoms with Gasteiger partial charge in [0.25, 0.3) is 0 Å². The summed E-state index contributed by atoms with van der Waals surface area (Å²) in [4.78, 5) is 19.9. The maximum absolute atomic E-state index is 10.1. The first-order valence-corrected chi connectivity index (χ1v) is 3.36. The summed E-state index contributed by atoms with van der Waals surface area (Å²) in [5, 5.41) is 8.30. The van der Waals surface area contributed by atoms with Crippen molar-refractivity contribution in [2.75, 3.05) is 0 Å². The molecule has 0 aromatic heterocycles. The largest absolute Gasteiger partial charge is 0.478 e. The van der Waals surface area contributed by atoms with Crippen LogP contribution >= 0.6 is 0 Å². The Morgan fingerprint density at radius 1 is 1.25 bits per heavy atom. The molecule has 0 saturated carbocycles. The van der Waals surface area contributed by atoms with Crippen molar-refractivity contribution in [3.05, 3.63) is 36.0 Å². The number of carbonyl (C=O) groups excluding carboxylic acids is 1. The standard InChI is InChI=1S/C9H10O3/c1-8(7-9(11)12)5-3-2-4-6-10/h2-7H,1H3,(H,11,12). The van der Waals surface area contributed by atoms with Gasteiger partial charge >= 0.3 is 5.97 Å². The van der Waals surface area contributed by atoms with Gasteiger partial charge < -0.3 is 5.11 Å². The zero-order chi connectivity index (χ0) is 9.40. The van der Waals surface area contributed by atoms with E-state index in [9.17, 15) is 9.59 Å². The van der Waals surface area contributed by atoms with Crippen LogP contribution in [0.25, 0.3) is 0 Å². The number of hydrogen-bond acceptors (Lipinski definition) is 2. The van der Waals surface area contributed by atoms with Gasteiger partial charge in [-0.1, -0.05) is 18.2 Å². The SMILES string of the molecule is CC(C=CC=CC=O)=CC(=O)O. The zero-order valence-electron chi connectivity index (χ0n) is 6.73. The summed E-state index contributed by atoms with van der Waals surface area (Å²) in [6.45, 7) is 1.67. The molecule has 0 aliphatic heterocycles. The Bertz CT molecular complexity index is 246. The van der Waals surface area contributed by atoms with Crippen LogP contribution in [0.1, 0.15) is 6.92 Å².